The molecule has 0 fully saturated rings. The smallest absolute Gasteiger partial charge is 0.222 e. The Morgan fingerprint density at radius 2 is 2.24 bits per heavy atom. The second-order valence-electron chi connectivity index (χ2n) is 3.89. The molecule has 2 heterocycles. The molecule has 2 N–H and O–H groups in total. The molecule has 5 nitrogen and oxygen atoms in total. The first-order valence-corrected chi connectivity index (χ1v) is 5.28. The summed E-state index contributed by atoms with van der Waals surface area (Å²) in [7, 11) is 1.63. The molecule has 0 saturated carbocycles. The van der Waals surface area contributed by atoms with E-state index in [-0.39, 0.29) is 0 Å². The molecule has 17 heavy (non-hydrogen) atoms. The van der Waals surface area contributed by atoms with Crippen molar-refractivity contribution in [3.05, 3.63) is 29.3 Å². The van der Waals surface area contributed by atoms with E-state index in [1.807, 2.05) is 12.1 Å². The average molecular weight is 232 g/mol. The Bertz CT molecular complexity index is 563. The van der Waals surface area contributed by atoms with Gasteiger partial charge in [-0.2, -0.15) is 0 Å². The number of hydrogen-bond acceptors (Lipinski definition) is 5. The summed E-state index contributed by atoms with van der Waals surface area (Å²) in [6.07, 6.45) is 0. The standard InChI is InChI=1S/C12H12N2O3/c1-15-10-3-2-7-5-16-6-8(7)12(10)9-4-11(13)17-14-9/h2-4H,5-6,13H2,1H3. The minimum absolute atomic E-state index is 0.290. The van der Waals surface area contributed by atoms with Crippen LogP contribution in [-0.2, 0) is 18.0 Å². The zero-order chi connectivity index (χ0) is 11.8. The van der Waals surface area contributed by atoms with E-state index in [1.54, 1.807) is 13.2 Å². The van der Waals surface area contributed by atoms with Gasteiger partial charge in [-0.1, -0.05) is 11.2 Å². The van der Waals surface area contributed by atoms with Gasteiger partial charge in [-0.3, -0.25) is 0 Å². The fraction of sp³-hybridized carbons (Fsp3) is 0.250. The van der Waals surface area contributed by atoms with Crippen LogP contribution in [0.25, 0.3) is 11.3 Å². The van der Waals surface area contributed by atoms with E-state index in [2.05, 4.69) is 5.16 Å². The molecule has 5 heteroatoms. The van der Waals surface area contributed by atoms with Crippen molar-refractivity contribution in [2.45, 2.75) is 13.2 Å². The van der Waals surface area contributed by atoms with Gasteiger partial charge in [-0.05, 0) is 17.2 Å². The summed E-state index contributed by atoms with van der Waals surface area (Å²) < 4.78 is 15.7. The Balaban J connectivity index is 2.23. The highest BCUT2D eigenvalue weighted by Crippen LogP contribution is 2.38. The van der Waals surface area contributed by atoms with Crippen molar-refractivity contribution in [1.82, 2.24) is 5.16 Å². The van der Waals surface area contributed by atoms with Crippen LogP contribution in [0.1, 0.15) is 11.1 Å². The molecule has 1 aliphatic rings. The topological polar surface area (TPSA) is 70.5 Å². The van der Waals surface area contributed by atoms with Crippen molar-refractivity contribution < 1.29 is 14.0 Å². The second kappa shape index (κ2) is 3.78. The first-order chi connectivity index (χ1) is 8.29. The summed E-state index contributed by atoms with van der Waals surface area (Å²) in [4.78, 5) is 0. The number of aromatic nitrogens is 1. The maximum atomic E-state index is 5.55. The van der Waals surface area contributed by atoms with Crippen molar-refractivity contribution in [2.75, 3.05) is 12.8 Å². The first kappa shape index (κ1) is 10.2. The normalized spacial score (nSPS) is 13.7. The summed E-state index contributed by atoms with van der Waals surface area (Å²) in [5.74, 6) is 1.04. The largest absolute Gasteiger partial charge is 0.496 e. The van der Waals surface area contributed by atoms with Gasteiger partial charge in [0.1, 0.15) is 11.4 Å². The number of nitrogen functional groups attached to an aromatic ring is 1. The lowest BCUT2D eigenvalue weighted by Crippen LogP contribution is -1.94. The molecule has 0 amide bonds. The van der Waals surface area contributed by atoms with Gasteiger partial charge in [-0.15, -0.1) is 0 Å². The van der Waals surface area contributed by atoms with Gasteiger partial charge in [0.15, 0.2) is 0 Å². The summed E-state index contributed by atoms with van der Waals surface area (Å²) in [5, 5.41) is 3.94. The molecular formula is C12H12N2O3. The molecule has 0 bridgehead atoms. The van der Waals surface area contributed by atoms with Gasteiger partial charge >= 0.3 is 0 Å². The van der Waals surface area contributed by atoms with Crippen molar-refractivity contribution in [2.24, 2.45) is 0 Å². The number of nitrogens with two attached hydrogens (primary N) is 1. The third-order valence-corrected chi connectivity index (χ3v) is 2.88. The Morgan fingerprint density at radius 3 is 2.94 bits per heavy atom. The van der Waals surface area contributed by atoms with Crippen molar-refractivity contribution in [3.8, 4) is 17.0 Å². The summed E-state index contributed by atoms with van der Waals surface area (Å²) in [6, 6.07) is 5.61. The highest BCUT2D eigenvalue weighted by Gasteiger charge is 2.22. The molecule has 0 saturated heterocycles. The van der Waals surface area contributed by atoms with E-state index in [4.69, 9.17) is 19.7 Å². The van der Waals surface area contributed by atoms with Gasteiger partial charge in [0.2, 0.25) is 5.88 Å². The highest BCUT2D eigenvalue weighted by atomic mass is 16.5. The molecule has 1 aliphatic heterocycles. The van der Waals surface area contributed by atoms with Crippen LogP contribution >= 0.6 is 0 Å². The molecule has 1 aromatic heterocycles. The van der Waals surface area contributed by atoms with Crippen LogP contribution in [0, 0.1) is 0 Å². The number of fused-ring (bicyclic) bond motifs is 1. The number of nitrogens with zero attached hydrogens (tertiary/aromatic N) is 1. The number of anilines is 1. The first-order valence-electron chi connectivity index (χ1n) is 5.28. The van der Waals surface area contributed by atoms with Crippen LogP contribution in [0.2, 0.25) is 0 Å². The maximum absolute atomic E-state index is 5.55. The van der Waals surface area contributed by atoms with Gasteiger partial charge in [0.25, 0.3) is 0 Å². The summed E-state index contributed by atoms with van der Waals surface area (Å²) in [6.45, 7) is 1.19. The minimum atomic E-state index is 0.290. The number of benzene rings is 1. The maximum Gasteiger partial charge on any atom is 0.222 e. The third-order valence-electron chi connectivity index (χ3n) is 2.88. The number of ether oxygens (including phenoxy) is 2. The van der Waals surface area contributed by atoms with E-state index in [9.17, 15) is 0 Å². The van der Waals surface area contributed by atoms with Gasteiger partial charge < -0.3 is 19.7 Å². The van der Waals surface area contributed by atoms with Crippen LogP contribution in [0.3, 0.4) is 0 Å². The van der Waals surface area contributed by atoms with Crippen molar-refractivity contribution in [1.29, 1.82) is 0 Å². The fourth-order valence-electron chi connectivity index (χ4n) is 2.09. The van der Waals surface area contributed by atoms with Crippen molar-refractivity contribution in [3.63, 3.8) is 0 Å². The number of rotatable bonds is 2. The Hall–Kier alpha value is -2.01. The van der Waals surface area contributed by atoms with E-state index in [0.29, 0.717) is 24.8 Å². The van der Waals surface area contributed by atoms with Gasteiger partial charge in [0.05, 0.1) is 25.9 Å². The lowest BCUT2D eigenvalue weighted by Gasteiger charge is -2.09. The Labute approximate surface area is 98.1 Å². The Kier molecular flexibility index (Phi) is 2.26. The average Bonchev–Trinajstić information content (AvgIpc) is 2.95. The lowest BCUT2D eigenvalue weighted by molar-refractivity contribution is 0.134. The monoisotopic (exact) mass is 232 g/mol. The minimum Gasteiger partial charge on any atom is -0.496 e. The number of hydrogen-bond donors (Lipinski definition) is 1. The molecule has 0 atom stereocenters. The van der Waals surface area contributed by atoms with Crippen LogP contribution in [0.4, 0.5) is 5.88 Å². The van der Waals surface area contributed by atoms with E-state index in [1.165, 1.54) is 0 Å². The molecule has 3 rings (SSSR count). The SMILES string of the molecule is COc1ccc2c(c1-c1cc(N)on1)COC2. The quantitative estimate of drug-likeness (QED) is 0.857. The predicted octanol–water partition coefficient (Wildman–Crippen LogP) is 1.96. The second-order valence-corrected chi connectivity index (χ2v) is 3.89. The van der Waals surface area contributed by atoms with Crippen LogP contribution < -0.4 is 10.5 Å². The van der Waals surface area contributed by atoms with Crippen LogP contribution in [0.15, 0.2) is 22.7 Å². The molecule has 2 aromatic rings. The van der Waals surface area contributed by atoms with E-state index >= 15 is 0 Å². The molecule has 0 unspecified atom stereocenters. The van der Waals surface area contributed by atoms with E-state index in [0.717, 1.165) is 22.4 Å². The Morgan fingerprint density at radius 1 is 1.35 bits per heavy atom. The van der Waals surface area contributed by atoms with Crippen LogP contribution in [0.5, 0.6) is 5.75 Å². The molecule has 0 spiro atoms. The van der Waals surface area contributed by atoms with Gasteiger partial charge in [-0.25, -0.2) is 0 Å². The van der Waals surface area contributed by atoms with E-state index < -0.39 is 0 Å². The molecule has 0 aliphatic carbocycles. The number of methoxy groups -OCH3 is 1. The van der Waals surface area contributed by atoms with Crippen LogP contribution in [-0.4, -0.2) is 12.3 Å². The summed E-state index contributed by atoms with van der Waals surface area (Å²) >= 11 is 0. The molecule has 0 radical (unpaired) electrons. The fourth-order valence-corrected chi connectivity index (χ4v) is 2.09. The molecule has 1 aromatic carbocycles. The highest BCUT2D eigenvalue weighted by molar-refractivity contribution is 5.74. The zero-order valence-corrected chi connectivity index (χ0v) is 9.40. The lowest BCUT2D eigenvalue weighted by atomic mass is 10.00. The zero-order valence-electron chi connectivity index (χ0n) is 9.40. The third kappa shape index (κ3) is 1.55. The van der Waals surface area contributed by atoms with Crippen molar-refractivity contribution >= 4 is 5.88 Å². The molecular weight excluding hydrogens is 220 g/mol. The van der Waals surface area contributed by atoms with Gasteiger partial charge in [0, 0.05) is 6.07 Å². The predicted molar refractivity (Wildman–Crippen MR) is 61.4 cm³/mol. The molecule has 88 valence electrons. The summed E-state index contributed by atoms with van der Waals surface area (Å²) in [5.41, 5.74) is 9.39.